The van der Waals surface area contributed by atoms with Crippen LogP contribution in [-0.2, 0) is 0 Å². The van der Waals surface area contributed by atoms with Crippen LogP contribution in [0.15, 0.2) is 18.2 Å². The number of aromatic nitrogens is 1. The summed E-state index contributed by atoms with van der Waals surface area (Å²) in [5.74, 6) is -0.962. The van der Waals surface area contributed by atoms with Crippen molar-refractivity contribution in [1.29, 1.82) is 5.26 Å². The van der Waals surface area contributed by atoms with Crippen LogP contribution >= 0.6 is 0 Å². The van der Waals surface area contributed by atoms with Gasteiger partial charge < -0.3 is 10.7 Å². The molecular formula is C12H9F2N3. The van der Waals surface area contributed by atoms with E-state index < -0.39 is 11.6 Å². The summed E-state index contributed by atoms with van der Waals surface area (Å²) in [6.45, 7) is 1.63. The topological polar surface area (TPSA) is 65.6 Å². The normalized spacial score (nSPS) is 10.2. The van der Waals surface area contributed by atoms with Gasteiger partial charge in [-0.3, -0.25) is 0 Å². The van der Waals surface area contributed by atoms with Crippen LogP contribution in [0.4, 0.5) is 14.6 Å². The third kappa shape index (κ3) is 1.74. The van der Waals surface area contributed by atoms with Crippen molar-refractivity contribution in [3.8, 4) is 17.3 Å². The number of halogens is 2. The van der Waals surface area contributed by atoms with Gasteiger partial charge in [0.1, 0.15) is 23.5 Å². The molecule has 1 aromatic heterocycles. The maximum atomic E-state index is 13.6. The van der Waals surface area contributed by atoms with Gasteiger partial charge in [0.05, 0.1) is 11.3 Å². The first kappa shape index (κ1) is 11.1. The molecule has 2 aromatic rings. The molecule has 0 spiro atoms. The van der Waals surface area contributed by atoms with E-state index in [0.29, 0.717) is 11.3 Å². The quantitative estimate of drug-likeness (QED) is 0.795. The van der Waals surface area contributed by atoms with Crippen LogP contribution in [0.1, 0.15) is 11.1 Å². The monoisotopic (exact) mass is 233 g/mol. The number of H-pyrrole nitrogens is 1. The number of nitriles is 1. The van der Waals surface area contributed by atoms with Crippen LogP contribution in [0, 0.1) is 29.9 Å². The second-order valence-corrected chi connectivity index (χ2v) is 3.65. The van der Waals surface area contributed by atoms with Crippen molar-refractivity contribution in [3.05, 3.63) is 41.0 Å². The number of hydrogen-bond donors (Lipinski definition) is 2. The molecule has 3 N–H and O–H groups in total. The zero-order chi connectivity index (χ0) is 12.6. The Hall–Kier alpha value is -2.35. The van der Waals surface area contributed by atoms with Gasteiger partial charge in [-0.15, -0.1) is 0 Å². The Morgan fingerprint density at radius 2 is 2.06 bits per heavy atom. The first-order chi connectivity index (χ1) is 8.04. The number of hydrogen-bond acceptors (Lipinski definition) is 2. The largest absolute Gasteiger partial charge is 0.384 e. The van der Waals surface area contributed by atoms with E-state index in [1.807, 2.05) is 6.07 Å². The Morgan fingerprint density at radius 1 is 1.35 bits per heavy atom. The number of nitrogen functional groups attached to an aromatic ring is 1. The zero-order valence-corrected chi connectivity index (χ0v) is 9.01. The lowest BCUT2D eigenvalue weighted by Gasteiger charge is -2.02. The van der Waals surface area contributed by atoms with E-state index in [9.17, 15) is 8.78 Å². The summed E-state index contributed by atoms with van der Waals surface area (Å²) >= 11 is 0. The van der Waals surface area contributed by atoms with Crippen LogP contribution in [-0.4, -0.2) is 4.98 Å². The maximum Gasteiger partial charge on any atom is 0.132 e. The van der Waals surface area contributed by atoms with Crippen LogP contribution in [0.3, 0.4) is 0 Å². The highest BCUT2D eigenvalue weighted by Gasteiger charge is 2.16. The van der Waals surface area contributed by atoms with Gasteiger partial charge >= 0.3 is 0 Å². The van der Waals surface area contributed by atoms with Gasteiger partial charge in [-0.05, 0) is 30.7 Å². The summed E-state index contributed by atoms with van der Waals surface area (Å²) in [7, 11) is 0. The molecule has 0 saturated carbocycles. The second kappa shape index (κ2) is 3.91. The first-order valence-electron chi connectivity index (χ1n) is 4.88. The van der Waals surface area contributed by atoms with Gasteiger partial charge in [0, 0.05) is 5.56 Å². The molecule has 0 atom stereocenters. The van der Waals surface area contributed by atoms with Gasteiger partial charge in [-0.25, -0.2) is 8.78 Å². The van der Waals surface area contributed by atoms with E-state index in [1.165, 1.54) is 0 Å². The molecule has 0 saturated heterocycles. The van der Waals surface area contributed by atoms with Crippen molar-refractivity contribution in [2.45, 2.75) is 6.92 Å². The summed E-state index contributed by atoms with van der Waals surface area (Å²) < 4.78 is 26.6. The highest BCUT2D eigenvalue weighted by Crippen LogP contribution is 2.30. The Kier molecular flexibility index (Phi) is 2.56. The maximum absolute atomic E-state index is 13.6. The Balaban J connectivity index is 2.70. The predicted molar refractivity (Wildman–Crippen MR) is 60.0 cm³/mol. The van der Waals surface area contributed by atoms with Crippen LogP contribution < -0.4 is 5.73 Å². The molecule has 1 aromatic carbocycles. The minimum Gasteiger partial charge on any atom is -0.384 e. The molecule has 0 unspecified atom stereocenters. The number of anilines is 1. The number of aromatic amines is 1. The van der Waals surface area contributed by atoms with Gasteiger partial charge in [0.25, 0.3) is 0 Å². The van der Waals surface area contributed by atoms with Gasteiger partial charge in [-0.2, -0.15) is 5.26 Å². The predicted octanol–water partition coefficient (Wildman–Crippen LogP) is 2.72. The molecule has 0 aliphatic carbocycles. The third-order valence-corrected chi connectivity index (χ3v) is 2.59. The molecule has 0 bridgehead atoms. The summed E-state index contributed by atoms with van der Waals surface area (Å²) in [5.41, 5.74) is 6.74. The third-order valence-electron chi connectivity index (χ3n) is 2.59. The van der Waals surface area contributed by atoms with Crippen LogP contribution in [0.5, 0.6) is 0 Å². The average Bonchev–Trinajstić information content (AvgIpc) is 2.57. The fourth-order valence-corrected chi connectivity index (χ4v) is 1.72. The fourth-order valence-electron chi connectivity index (χ4n) is 1.72. The molecule has 2 rings (SSSR count). The van der Waals surface area contributed by atoms with E-state index in [-0.39, 0.29) is 16.9 Å². The molecule has 0 amide bonds. The Bertz CT molecular complexity index is 623. The van der Waals surface area contributed by atoms with Gasteiger partial charge in [0.2, 0.25) is 0 Å². The fraction of sp³-hybridized carbons (Fsp3) is 0.0833. The van der Waals surface area contributed by atoms with Crippen molar-refractivity contribution < 1.29 is 8.78 Å². The summed E-state index contributed by atoms with van der Waals surface area (Å²) in [6.07, 6.45) is 0. The SMILES string of the molecule is Cc1c(-c2cc(F)ccc2F)[nH]c(N)c1C#N. The van der Waals surface area contributed by atoms with Gasteiger partial charge in [-0.1, -0.05) is 0 Å². The van der Waals surface area contributed by atoms with Gasteiger partial charge in [0.15, 0.2) is 0 Å². The molecule has 0 radical (unpaired) electrons. The number of rotatable bonds is 1. The molecule has 3 nitrogen and oxygen atoms in total. The minimum absolute atomic E-state index is 0.0655. The Morgan fingerprint density at radius 3 is 2.65 bits per heavy atom. The van der Waals surface area contributed by atoms with E-state index in [4.69, 9.17) is 11.0 Å². The molecule has 1 heterocycles. The lowest BCUT2D eigenvalue weighted by molar-refractivity contribution is 0.602. The van der Waals surface area contributed by atoms with Crippen molar-refractivity contribution in [2.75, 3.05) is 5.73 Å². The molecular weight excluding hydrogens is 224 g/mol. The smallest absolute Gasteiger partial charge is 0.132 e. The number of nitrogens with zero attached hydrogens (tertiary/aromatic N) is 1. The van der Waals surface area contributed by atoms with Crippen molar-refractivity contribution >= 4 is 5.82 Å². The first-order valence-corrected chi connectivity index (χ1v) is 4.88. The summed E-state index contributed by atoms with van der Waals surface area (Å²) in [6, 6.07) is 5.05. The molecule has 0 aliphatic rings. The number of nitrogens with one attached hydrogen (secondary N) is 1. The zero-order valence-electron chi connectivity index (χ0n) is 9.01. The van der Waals surface area contributed by atoms with Crippen LogP contribution in [0.25, 0.3) is 11.3 Å². The highest BCUT2D eigenvalue weighted by molar-refractivity contribution is 5.73. The molecule has 5 heteroatoms. The highest BCUT2D eigenvalue weighted by atomic mass is 19.1. The average molecular weight is 233 g/mol. The van der Waals surface area contributed by atoms with E-state index >= 15 is 0 Å². The lowest BCUT2D eigenvalue weighted by Crippen LogP contribution is -1.89. The lowest BCUT2D eigenvalue weighted by atomic mass is 10.1. The van der Waals surface area contributed by atoms with Crippen molar-refractivity contribution in [2.24, 2.45) is 0 Å². The number of nitrogens with two attached hydrogens (primary N) is 1. The van der Waals surface area contributed by atoms with Crippen molar-refractivity contribution in [3.63, 3.8) is 0 Å². The van der Waals surface area contributed by atoms with E-state index in [2.05, 4.69) is 4.98 Å². The summed E-state index contributed by atoms with van der Waals surface area (Å²) in [5, 5.41) is 8.87. The standard InChI is InChI=1S/C12H9F2N3/c1-6-9(5-15)12(16)17-11(6)8-4-7(13)2-3-10(8)14/h2-4,17H,16H2,1H3. The second-order valence-electron chi connectivity index (χ2n) is 3.65. The minimum atomic E-state index is -0.569. The molecule has 17 heavy (non-hydrogen) atoms. The van der Waals surface area contributed by atoms with Crippen LogP contribution in [0.2, 0.25) is 0 Å². The summed E-state index contributed by atoms with van der Waals surface area (Å²) in [4.78, 5) is 2.70. The van der Waals surface area contributed by atoms with E-state index in [1.54, 1.807) is 6.92 Å². The molecule has 86 valence electrons. The van der Waals surface area contributed by atoms with E-state index in [0.717, 1.165) is 18.2 Å². The Labute approximate surface area is 96.5 Å². The molecule has 0 aliphatic heterocycles. The van der Waals surface area contributed by atoms with Crippen molar-refractivity contribution in [1.82, 2.24) is 4.98 Å². The number of benzene rings is 1. The molecule has 0 fully saturated rings.